The maximum absolute atomic E-state index is 11.8. The summed E-state index contributed by atoms with van der Waals surface area (Å²) in [5, 5.41) is 7.94. The van der Waals surface area contributed by atoms with Crippen LogP contribution in [0.2, 0.25) is 0 Å². The second kappa shape index (κ2) is 4.45. The highest BCUT2D eigenvalue weighted by Crippen LogP contribution is 2.38. The number of hydrogen-bond donors (Lipinski definition) is 1. The smallest absolute Gasteiger partial charge is 0.302 e. The van der Waals surface area contributed by atoms with Crippen LogP contribution in [0.3, 0.4) is 0 Å². The van der Waals surface area contributed by atoms with Crippen LogP contribution in [0.4, 0.5) is 0 Å². The number of aromatic nitrogens is 6. The Bertz CT molecular complexity index is 848. The van der Waals surface area contributed by atoms with E-state index in [2.05, 4.69) is 36.1 Å². The van der Waals surface area contributed by atoms with Crippen LogP contribution in [-0.4, -0.2) is 29.1 Å². The van der Waals surface area contributed by atoms with Gasteiger partial charge in [0.25, 0.3) is 0 Å². The van der Waals surface area contributed by atoms with Crippen LogP contribution in [0.25, 0.3) is 5.65 Å². The molecule has 0 aliphatic heterocycles. The standard InChI is InChI=1S/C11H9BrN6OS/c12-7-5-17-4-3-13-8(17)9(14-7)20-11-16-15-10(19)18(11)6-1-2-6/h3-6H,1-2H2,(H,15,19). The molecule has 1 saturated carbocycles. The zero-order valence-electron chi connectivity index (χ0n) is 10.2. The molecule has 7 nitrogen and oxygen atoms in total. The molecule has 102 valence electrons. The summed E-state index contributed by atoms with van der Waals surface area (Å²) in [6.07, 6.45) is 7.46. The quantitative estimate of drug-likeness (QED) is 0.777. The lowest BCUT2D eigenvalue weighted by Crippen LogP contribution is -2.16. The maximum atomic E-state index is 11.8. The lowest BCUT2D eigenvalue weighted by molar-refractivity contribution is 0.642. The molecule has 4 rings (SSSR count). The van der Waals surface area contributed by atoms with Crippen LogP contribution in [-0.2, 0) is 0 Å². The lowest BCUT2D eigenvalue weighted by atomic mass is 10.7. The van der Waals surface area contributed by atoms with Gasteiger partial charge in [-0.25, -0.2) is 19.9 Å². The summed E-state index contributed by atoms with van der Waals surface area (Å²) < 4.78 is 4.29. The predicted molar refractivity (Wildman–Crippen MR) is 75.9 cm³/mol. The van der Waals surface area contributed by atoms with E-state index in [0.717, 1.165) is 18.5 Å². The highest BCUT2D eigenvalue weighted by Gasteiger charge is 2.29. The van der Waals surface area contributed by atoms with Crippen LogP contribution in [0.15, 0.2) is 38.2 Å². The molecule has 0 radical (unpaired) electrons. The van der Waals surface area contributed by atoms with Crippen molar-refractivity contribution in [1.82, 2.24) is 29.1 Å². The minimum absolute atomic E-state index is 0.163. The van der Waals surface area contributed by atoms with Crippen molar-refractivity contribution in [2.24, 2.45) is 0 Å². The summed E-state index contributed by atoms with van der Waals surface area (Å²) >= 11 is 4.72. The van der Waals surface area contributed by atoms with Crippen molar-refractivity contribution in [3.8, 4) is 0 Å². The van der Waals surface area contributed by atoms with Crippen molar-refractivity contribution in [2.45, 2.75) is 29.1 Å². The number of nitrogens with one attached hydrogen (secondary N) is 1. The predicted octanol–water partition coefficient (Wildman–Crippen LogP) is 1.86. The Morgan fingerprint density at radius 1 is 1.45 bits per heavy atom. The van der Waals surface area contributed by atoms with Gasteiger partial charge in [-0.15, -0.1) is 5.10 Å². The molecule has 3 heterocycles. The molecule has 0 amide bonds. The van der Waals surface area contributed by atoms with Gasteiger partial charge >= 0.3 is 5.69 Å². The topological polar surface area (TPSA) is 80.9 Å². The summed E-state index contributed by atoms with van der Waals surface area (Å²) in [5.41, 5.74) is 0.584. The van der Waals surface area contributed by atoms with Gasteiger partial charge in [0.2, 0.25) is 0 Å². The van der Waals surface area contributed by atoms with Crippen molar-refractivity contribution in [1.29, 1.82) is 0 Å². The van der Waals surface area contributed by atoms with Gasteiger partial charge in [0.05, 0.1) is 0 Å². The van der Waals surface area contributed by atoms with E-state index in [1.54, 1.807) is 10.8 Å². The first kappa shape index (κ1) is 12.2. The monoisotopic (exact) mass is 352 g/mol. The Morgan fingerprint density at radius 2 is 2.30 bits per heavy atom. The van der Waals surface area contributed by atoms with E-state index in [9.17, 15) is 4.79 Å². The SMILES string of the molecule is O=c1[nH]nc(Sc2nc(Br)cn3ccnc23)n1C1CC1. The highest BCUT2D eigenvalue weighted by atomic mass is 79.9. The van der Waals surface area contributed by atoms with Gasteiger partial charge in [-0.1, -0.05) is 0 Å². The number of nitrogens with zero attached hydrogens (tertiary/aromatic N) is 5. The van der Waals surface area contributed by atoms with Crippen LogP contribution < -0.4 is 5.69 Å². The van der Waals surface area contributed by atoms with E-state index >= 15 is 0 Å². The summed E-state index contributed by atoms with van der Waals surface area (Å²) in [7, 11) is 0. The van der Waals surface area contributed by atoms with E-state index in [-0.39, 0.29) is 11.7 Å². The molecule has 3 aromatic rings. The zero-order chi connectivity index (χ0) is 13.7. The van der Waals surface area contributed by atoms with Crippen LogP contribution in [0, 0.1) is 0 Å². The van der Waals surface area contributed by atoms with Crippen molar-refractivity contribution in [3.63, 3.8) is 0 Å². The summed E-state index contributed by atoms with van der Waals surface area (Å²) in [6, 6.07) is 0.270. The van der Waals surface area contributed by atoms with E-state index in [1.165, 1.54) is 11.8 Å². The van der Waals surface area contributed by atoms with E-state index in [1.807, 2.05) is 16.8 Å². The first-order valence-electron chi connectivity index (χ1n) is 6.06. The third-order valence-corrected chi connectivity index (χ3v) is 4.41. The average Bonchev–Trinajstić information content (AvgIpc) is 3.01. The van der Waals surface area contributed by atoms with Gasteiger partial charge in [-0.3, -0.25) is 4.57 Å². The molecule has 0 spiro atoms. The molecule has 9 heteroatoms. The maximum Gasteiger partial charge on any atom is 0.344 e. The van der Waals surface area contributed by atoms with Gasteiger partial charge in [-0.05, 0) is 40.5 Å². The second-order valence-corrected chi connectivity index (χ2v) is 6.31. The molecule has 0 atom stereocenters. The van der Waals surface area contributed by atoms with Crippen LogP contribution >= 0.6 is 27.7 Å². The molecule has 1 N–H and O–H groups in total. The van der Waals surface area contributed by atoms with Crippen molar-refractivity contribution in [2.75, 3.05) is 0 Å². The molecule has 1 fully saturated rings. The number of hydrogen-bond acceptors (Lipinski definition) is 5. The third kappa shape index (κ3) is 1.97. The molecule has 1 aliphatic carbocycles. The molecule has 3 aromatic heterocycles. The second-order valence-electron chi connectivity index (χ2n) is 4.54. The van der Waals surface area contributed by atoms with Gasteiger partial charge < -0.3 is 4.40 Å². The number of fused-ring (bicyclic) bond motifs is 1. The molecular formula is C11H9BrN6OS. The Labute approximate surface area is 125 Å². The van der Waals surface area contributed by atoms with Gasteiger partial charge in [-0.2, -0.15) is 0 Å². The van der Waals surface area contributed by atoms with Crippen molar-refractivity contribution in [3.05, 3.63) is 33.7 Å². The largest absolute Gasteiger partial charge is 0.344 e. The first-order chi connectivity index (χ1) is 9.72. The summed E-state index contributed by atoms with van der Waals surface area (Å²) in [5.74, 6) is 0. The number of aromatic amines is 1. The molecule has 0 aromatic carbocycles. The van der Waals surface area contributed by atoms with Crippen molar-refractivity contribution >= 4 is 33.3 Å². The van der Waals surface area contributed by atoms with Crippen LogP contribution in [0.1, 0.15) is 18.9 Å². The summed E-state index contributed by atoms with van der Waals surface area (Å²) in [4.78, 5) is 20.5. The van der Waals surface area contributed by atoms with E-state index < -0.39 is 0 Å². The lowest BCUT2D eigenvalue weighted by Gasteiger charge is -2.04. The van der Waals surface area contributed by atoms with Crippen LogP contribution in [0.5, 0.6) is 0 Å². The van der Waals surface area contributed by atoms with Gasteiger partial charge in [0, 0.05) is 24.6 Å². The van der Waals surface area contributed by atoms with Gasteiger partial charge in [0.1, 0.15) is 9.63 Å². The average molecular weight is 353 g/mol. The van der Waals surface area contributed by atoms with Crippen molar-refractivity contribution < 1.29 is 0 Å². The Kier molecular flexibility index (Phi) is 2.71. The number of H-pyrrole nitrogens is 1. The number of halogens is 1. The normalized spacial score (nSPS) is 15.1. The molecule has 0 unspecified atom stereocenters. The Morgan fingerprint density at radius 3 is 3.10 bits per heavy atom. The summed E-state index contributed by atoms with van der Waals surface area (Å²) in [6.45, 7) is 0. The Balaban J connectivity index is 1.81. The van der Waals surface area contributed by atoms with E-state index in [0.29, 0.717) is 14.8 Å². The molecule has 20 heavy (non-hydrogen) atoms. The third-order valence-electron chi connectivity index (χ3n) is 3.09. The van der Waals surface area contributed by atoms with Gasteiger partial charge in [0.15, 0.2) is 10.8 Å². The minimum atomic E-state index is -0.163. The fourth-order valence-corrected chi connectivity index (χ4v) is 3.55. The zero-order valence-corrected chi connectivity index (χ0v) is 12.6. The fraction of sp³-hybridized carbons (Fsp3) is 0.273. The minimum Gasteiger partial charge on any atom is -0.302 e. The molecule has 0 saturated heterocycles. The first-order valence-corrected chi connectivity index (χ1v) is 7.67. The Hall–Kier alpha value is -1.61. The highest BCUT2D eigenvalue weighted by molar-refractivity contribution is 9.10. The molecule has 0 bridgehead atoms. The number of imidazole rings is 1. The fourth-order valence-electron chi connectivity index (χ4n) is 2.05. The molecule has 1 aliphatic rings. The number of rotatable bonds is 3. The van der Waals surface area contributed by atoms with E-state index in [4.69, 9.17) is 0 Å². The molecular weight excluding hydrogens is 344 g/mol.